The molecule has 0 radical (unpaired) electrons. The van der Waals surface area contributed by atoms with Crippen molar-refractivity contribution in [2.45, 2.75) is 77.9 Å². The molecular formula is C21H37NO4. The molecule has 2 aliphatic carbocycles. The first-order valence-electron chi connectivity index (χ1n) is 10.5. The van der Waals surface area contributed by atoms with Crippen LogP contribution in [0.1, 0.15) is 65.7 Å². The van der Waals surface area contributed by atoms with E-state index in [9.17, 15) is 20.1 Å². The van der Waals surface area contributed by atoms with Crippen molar-refractivity contribution in [2.75, 3.05) is 19.7 Å². The Morgan fingerprint density at radius 3 is 2.35 bits per heavy atom. The number of hydrogen-bond donors (Lipinski definition) is 3. The van der Waals surface area contributed by atoms with Crippen molar-refractivity contribution in [1.29, 1.82) is 0 Å². The lowest BCUT2D eigenvalue weighted by Gasteiger charge is -2.60. The second-order valence-electron chi connectivity index (χ2n) is 9.80. The van der Waals surface area contributed by atoms with Gasteiger partial charge < -0.3 is 20.2 Å². The van der Waals surface area contributed by atoms with Crippen LogP contribution in [0.5, 0.6) is 0 Å². The van der Waals surface area contributed by atoms with Gasteiger partial charge >= 0.3 is 0 Å². The molecule has 150 valence electrons. The third kappa shape index (κ3) is 3.31. The summed E-state index contributed by atoms with van der Waals surface area (Å²) >= 11 is 0. The first kappa shape index (κ1) is 20.1. The largest absolute Gasteiger partial charge is 0.396 e. The highest BCUT2D eigenvalue weighted by atomic mass is 16.3. The van der Waals surface area contributed by atoms with E-state index in [2.05, 4.69) is 13.8 Å². The molecule has 6 atom stereocenters. The van der Waals surface area contributed by atoms with Gasteiger partial charge in [0.25, 0.3) is 0 Å². The molecule has 0 aromatic carbocycles. The van der Waals surface area contributed by atoms with Crippen molar-refractivity contribution < 1.29 is 20.1 Å². The number of fused-ring (bicyclic) bond motifs is 1. The Kier molecular flexibility index (Phi) is 5.72. The summed E-state index contributed by atoms with van der Waals surface area (Å²) in [6.45, 7) is 8.00. The number of amides is 1. The number of carbonyl (C=O) groups excluding carboxylic acids is 1. The predicted molar refractivity (Wildman–Crippen MR) is 100 cm³/mol. The Balaban J connectivity index is 1.78. The van der Waals surface area contributed by atoms with E-state index < -0.39 is 17.6 Å². The molecule has 0 aromatic rings. The van der Waals surface area contributed by atoms with Gasteiger partial charge in [-0.3, -0.25) is 4.79 Å². The topological polar surface area (TPSA) is 81.0 Å². The third-order valence-corrected chi connectivity index (χ3v) is 8.24. The lowest BCUT2D eigenvalue weighted by molar-refractivity contribution is -0.187. The van der Waals surface area contributed by atoms with Crippen molar-refractivity contribution in [2.24, 2.45) is 28.6 Å². The fourth-order valence-corrected chi connectivity index (χ4v) is 6.18. The molecule has 3 rings (SSSR count). The minimum Gasteiger partial charge on any atom is -0.396 e. The third-order valence-electron chi connectivity index (χ3n) is 8.24. The molecule has 5 heteroatoms. The predicted octanol–water partition coefficient (Wildman–Crippen LogP) is 2.18. The fourth-order valence-electron chi connectivity index (χ4n) is 6.18. The molecule has 2 saturated carbocycles. The molecule has 3 N–H and O–H groups in total. The summed E-state index contributed by atoms with van der Waals surface area (Å²) in [6, 6.07) is 0. The molecule has 1 amide bonds. The van der Waals surface area contributed by atoms with Crippen LogP contribution in [0.4, 0.5) is 0 Å². The van der Waals surface area contributed by atoms with E-state index in [4.69, 9.17) is 0 Å². The monoisotopic (exact) mass is 367 g/mol. The Bertz CT molecular complexity index is 518. The van der Waals surface area contributed by atoms with Crippen LogP contribution in [-0.4, -0.2) is 58.0 Å². The highest BCUT2D eigenvalue weighted by Gasteiger charge is 2.59. The highest BCUT2D eigenvalue weighted by molar-refractivity contribution is 5.76. The number of carbonyl (C=O) groups is 1. The fraction of sp³-hybridized carbons (Fsp3) is 0.952. The molecule has 1 heterocycles. The first-order valence-corrected chi connectivity index (χ1v) is 10.5. The lowest BCUT2D eigenvalue weighted by Crippen LogP contribution is -2.60. The maximum Gasteiger partial charge on any atom is 0.222 e. The van der Waals surface area contributed by atoms with Gasteiger partial charge in [0.05, 0.1) is 18.8 Å². The van der Waals surface area contributed by atoms with Gasteiger partial charge in [-0.05, 0) is 61.7 Å². The minimum atomic E-state index is -0.547. The molecule has 1 saturated heterocycles. The van der Waals surface area contributed by atoms with E-state index in [0.29, 0.717) is 25.2 Å². The Morgan fingerprint density at radius 1 is 1.08 bits per heavy atom. The van der Waals surface area contributed by atoms with E-state index in [1.165, 1.54) is 0 Å². The van der Waals surface area contributed by atoms with Crippen molar-refractivity contribution in [3.05, 3.63) is 0 Å². The zero-order valence-corrected chi connectivity index (χ0v) is 16.7. The summed E-state index contributed by atoms with van der Waals surface area (Å²) in [5.74, 6) is 0.892. The van der Waals surface area contributed by atoms with Gasteiger partial charge in [0.2, 0.25) is 5.91 Å². The number of aliphatic hydroxyl groups is 3. The smallest absolute Gasteiger partial charge is 0.222 e. The van der Waals surface area contributed by atoms with Gasteiger partial charge in [-0.15, -0.1) is 0 Å². The maximum absolute atomic E-state index is 12.9. The van der Waals surface area contributed by atoms with E-state index in [0.717, 1.165) is 38.8 Å². The van der Waals surface area contributed by atoms with Crippen molar-refractivity contribution in [1.82, 2.24) is 4.90 Å². The summed E-state index contributed by atoms with van der Waals surface area (Å²) in [6.07, 6.45) is 4.42. The molecule has 0 bridgehead atoms. The van der Waals surface area contributed by atoms with Crippen molar-refractivity contribution in [3.8, 4) is 0 Å². The maximum atomic E-state index is 12.9. The van der Waals surface area contributed by atoms with E-state index in [-0.39, 0.29) is 29.8 Å². The van der Waals surface area contributed by atoms with E-state index in [1.54, 1.807) is 0 Å². The van der Waals surface area contributed by atoms with Crippen LogP contribution in [0.3, 0.4) is 0 Å². The van der Waals surface area contributed by atoms with Gasteiger partial charge in [0.1, 0.15) is 0 Å². The molecule has 1 unspecified atom stereocenters. The Labute approximate surface area is 157 Å². The van der Waals surface area contributed by atoms with Gasteiger partial charge in [0, 0.05) is 24.9 Å². The average Bonchev–Trinajstić information content (AvgIpc) is 2.62. The van der Waals surface area contributed by atoms with Crippen LogP contribution >= 0.6 is 0 Å². The molecule has 3 fully saturated rings. The molecule has 3 aliphatic rings. The second kappa shape index (κ2) is 7.40. The zero-order valence-electron chi connectivity index (χ0n) is 16.7. The lowest BCUT2D eigenvalue weighted by atomic mass is 9.46. The quantitative estimate of drug-likeness (QED) is 0.714. The number of hydrogen-bond acceptors (Lipinski definition) is 4. The van der Waals surface area contributed by atoms with Crippen molar-refractivity contribution >= 4 is 5.91 Å². The summed E-state index contributed by atoms with van der Waals surface area (Å²) in [7, 11) is 0. The van der Waals surface area contributed by atoms with Gasteiger partial charge in [0.15, 0.2) is 0 Å². The summed E-state index contributed by atoms with van der Waals surface area (Å²) in [5, 5.41) is 31.4. The summed E-state index contributed by atoms with van der Waals surface area (Å²) in [5.41, 5.74) is -0.762. The number of nitrogens with zero attached hydrogens (tertiary/aromatic N) is 1. The number of piperidine rings is 1. The van der Waals surface area contributed by atoms with Crippen LogP contribution in [0.15, 0.2) is 0 Å². The summed E-state index contributed by atoms with van der Waals surface area (Å²) in [4.78, 5) is 14.9. The van der Waals surface area contributed by atoms with Crippen LogP contribution in [-0.2, 0) is 4.79 Å². The van der Waals surface area contributed by atoms with Gasteiger partial charge in [-0.25, -0.2) is 0 Å². The van der Waals surface area contributed by atoms with Crippen LogP contribution < -0.4 is 0 Å². The Morgan fingerprint density at radius 2 is 1.73 bits per heavy atom. The molecule has 5 nitrogen and oxygen atoms in total. The van der Waals surface area contributed by atoms with Crippen LogP contribution in [0, 0.1) is 28.6 Å². The van der Waals surface area contributed by atoms with E-state index in [1.807, 2.05) is 11.8 Å². The van der Waals surface area contributed by atoms with Crippen LogP contribution in [0.2, 0.25) is 0 Å². The number of likely N-dealkylation sites (tertiary alicyclic amines) is 1. The molecule has 1 aliphatic heterocycles. The normalized spacial score (nSPS) is 44.6. The Hall–Kier alpha value is -0.650. The van der Waals surface area contributed by atoms with Gasteiger partial charge in [-0.1, -0.05) is 20.8 Å². The molecular weight excluding hydrogens is 330 g/mol. The summed E-state index contributed by atoms with van der Waals surface area (Å²) < 4.78 is 0. The average molecular weight is 368 g/mol. The molecule has 0 aromatic heterocycles. The number of rotatable bonds is 3. The first-order chi connectivity index (χ1) is 12.2. The SMILES string of the molecule is CC1CCN(C(=O)C[C@@H]2[C@H](O)CCC3[C@](C)(CO)[C@H](O)CC[C@]32C)CC1. The second-order valence-corrected chi connectivity index (χ2v) is 9.80. The minimum absolute atomic E-state index is 0.0464. The zero-order chi connectivity index (χ0) is 19.1. The number of aliphatic hydroxyl groups excluding tert-OH is 3. The van der Waals surface area contributed by atoms with Crippen LogP contribution in [0.25, 0.3) is 0 Å². The standard InChI is InChI=1S/C21H37NO4/c1-14-7-10-22(11-8-14)19(26)12-15-16(24)4-5-17-20(15,2)9-6-18(25)21(17,3)13-23/h14-18,23-25H,4-13H2,1-3H3/t15-,16-,17?,18-,20+,21+/m1/s1. The van der Waals surface area contributed by atoms with E-state index >= 15 is 0 Å². The molecule has 26 heavy (non-hydrogen) atoms. The molecule has 0 spiro atoms. The highest BCUT2D eigenvalue weighted by Crippen LogP contribution is 2.60. The van der Waals surface area contributed by atoms with Crippen molar-refractivity contribution in [3.63, 3.8) is 0 Å². The van der Waals surface area contributed by atoms with Gasteiger partial charge in [-0.2, -0.15) is 0 Å².